The minimum atomic E-state index is -0.0980. The SMILES string of the molecule is CCCC[C@H](N)c1nc(C2CC3CCC(C2)N3C)no1. The van der Waals surface area contributed by atoms with E-state index in [-0.39, 0.29) is 6.04 Å². The van der Waals surface area contributed by atoms with Gasteiger partial charge in [0.05, 0.1) is 6.04 Å². The molecule has 5 heteroatoms. The summed E-state index contributed by atoms with van der Waals surface area (Å²) in [7, 11) is 2.25. The van der Waals surface area contributed by atoms with Gasteiger partial charge in [-0.05, 0) is 39.2 Å². The molecule has 3 heterocycles. The number of piperidine rings is 1. The fourth-order valence-corrected chi connectivity index (χ4v) is 3.73. The minimum Gasteiger partial charge on any atom is -0.338 e. The molecule has 112 valence electrons. The number of rotatable bonds is 5. The van der Waals surface area contributed by atoms with Crippen molar-refractivity contribution in [1.82, 2.24) is 15.0 Å². The first-order valence-electron chi connectivity index (χ1n) is 8.00. The topological polar surface area (TPSA) is 68.2 Å². The summed E-state index contributed by atoms with van der Waals surface area (Å²) in [5.74, 6) is 1.97. The zero-order valence-electron chi connectivity index (χ0n) is 12.6. The van der Waals surface area contributed by atoms with Gasteiger partial charge in [0.15, 0.2) is 5.82 Å². The highest BCUT2D eigenvalue weighted by atomic mass is 16.5. The van der Waals surface area contributed by atoms with Gasteiger partial charge in [-0.1, -0.05) is 24.9 Å². The lowest BCUT2D eigenvalue weighted by atomic mass is 9.90. The van der Waals surface area contributed by atoms with Crippen LogP contribution in [0.15, 0.2) is 4.52 Å². The van der Waals surface area contributed by atoms with Crippen LogP contribution in [0.25, 0.3) is 0 Å². The maximum atomic E-state index is 6.11. The van der Waals surface area contributed by atoms with E-state index in [2.05, 4.69) is 29.0 Å². The van der Waals surface area contributed by atoms with Crippen LogP contribution in [0.3, 0.4) is 0 Å². The Morgan fingerprint density at radius 1 is 1.35 bits per heavy atom. The van der Waals surface area contributed by atoms with Crippen LogP contribution in [-0.4, -0.2) is 34.2 Å². The summed E-state index contributed by atoms with van der Waals surface area (Å²) < 4.78 is 5.39. The summed E-state index contributed by atoms with van der Waals surface area (Å²) in [6.45, 7) is 2.17. The average Bonchev–Trinajstić information content (AvgIpc) is 2.99. The van der Waals surface area contributed by atoms with Crippen LogP contribution >= 0.6 is 0 Å². The van der Waals surface area contributed by atoms with Crippen LogP contribution in [0.1, 0.15) is 75.5 Å². The van der Waals surface area contributed by atoms with E-state index < -0.39 is 0 Å². The molecule has 1 aromatic heterocycles. The Kier molecular flexibility index (Phi) is 4.08. The van der Waals surface area contributed by atoms with E-state index >= 15 is 0 Å². The Balaban J connectivity index is 1.65. The first-order chi connectivity index (χ1) is 9.69. The fraction of sp³-hybridized carbons (Fsp3) is 0.867. The Labute approximate surface area is 120 Å². The largest absolute Gasteiger partial charge is 0.338 e. The lowest BCUT2D eigenvalue weighted by Gasteiger charge is -2.34. The first-order valence-corrected chi connectivity index (χ1v) is 8.00. The normalized spacial score (nSPS) is 31.6. The zero-order valence-corrected chi connectivity index (χ0v) is 12.6. The zero-order chi connectivity index (χ0) is 14.1. The van der Waals surface area contributed by atoms with Crippen molar-refractivity contribution in [3.63, 3.8) is 0 Å². The van der Waals surface area contributed by atoms with Crippen LogP contribution in [-0.2, 0) is 0 Å². The quantitative estimate of drug-likeness (QED) is 0.896. The molecule has 2 saturated heterocycles. The third-order valence-corrected chi connectivity index (χ3v) is 5.11. The van der Waals surface area contributed by atoms with Gasteiger partial charge in [-0.3, -0.25) is 0 Å². The van der Waals surface area contributed by atoms with Crippen molar-refractivity contribution in [2.75, 3.05) is 7.05 Å². The molecule has 0 radical (unpaired) electrons. The summed E-state index contributed by atoms with van der Waals surface area (Å²) in [4.78, 5) is 7.12. The maximum Gasteiger partial charge on any atom is 0.243 e. The van der Waals surface area contributed by atoms with Crippen molar-refractivity contribution < 1.29 is 4.52 Å². The Morgan fingerprint density at radius 3 is 2.70 bits per heavy atom. The van der Waals surface area contributed by atoms with Gasteiger partial charge in [0.25, 0.3) is 0 Å². The number of hydrogen-bond donors (Lipinski definition) is 1. The second-order valence-electron chi connectivity index (χ2n) is 6.46. The second-order valence-corrected chi connectivity index (χ2v) is 6.46. The van der Waals surface area contributed by atoms with Crippen LogP contribution < -0.4 is 5.73 Å². The number of aromatic nitrogens is 2. The van der Waals surface area contributed by atoms with Crippen LogP contribution in [0.4, 0.5) is 0 Å². The molecule has 1 aromatic rings. The third kappa shape index (κ3) is 2.61. The van der Waals surface area contributed by atoms with Gasteiger partial charge in [-0.25, -0.2) is 0 Å². The molecule has 5 nitrogen and oxygen atoms in total. The molecule has 2 aliphatic heterocycles. The molecule has 2 aliphatic rings. The minimum absolute atomic E-state index is 0.0980. The number of unbranched alkanes of at least 4 members (excludes halogenated alkanes) is 1. The molecule has 2 unspecified atom stereocenters. The molecule has 2 N–H and O–H groups in total. The summed E-state index contributed by atoms with van der Waals surface area (Å²) in [6, 6.07) is 1.31. The van der Waals surface area contributed by atoms with Crippen molar-refractivity contribution in [3.8, 4) is 0 Å². The number of nitrogens with zero attached hydrogens (tertiary/aromatic N) is 3. The van der Waals surface area contributed by atoms with Gasteiger partial charge >= 0.3 is 0 Å². The van der Waals surface area contributed by atoms with Crippen LogP contribution in [0.2, 0.25) is 0 Å². The molecule has 3 atom stereocenters. The predicted molar refractivity (Wildman–Crippen MR) is 77.3 cm³/mol. The molecule has 0 amide bonds. The van der Waals surface area contributed by atoms with Gasteiger partial charge in [0, 0.05) is 18.0 Å². The number of hydrogen-bond acceptors (Lipinski definition) is 5. The molecule has 0 aliphatic carbocycles. The lowest BCUT2D eigenvalue weighted by Crippen LogP contribution is -2.39. The predicted octanol–water partition coefficient (Wildman–Crippen LogP) is 2.60. The number of fused-ring (bicyclic) bond motifs is 2. The first kappa shape index (κ1) is 14.0. The molecule has 2 fully saturated rings. The van der Waals surface area contributed by atoms with Gasteiger partial charge in [-0.15, -0.1) is 0 Å². The smallest absolute Gasteiger partial charge is 0.243 e. The lowest BCUT2D eigenvalue weighted by molar-refractivity contribution is 0.157. The maximum absolute atomic E-state index is 6.11. The van der Waals surface area contributed by atoms with E-state index in [1.165, 1.54) is 12.8 Å². The molecule has 0 aromatic carbocycles. The van der Waals surface area contributed by atoms with E-state index in [0.717, 1.165) is 37.9 Å². The molecule has 0 spiro atoms. The van der Waals surface area contributed by atoms with E-state index in [4.69, 9.17) is 10.3 Å². The summed E-state index contributed by atoms with van der Waals surface area (Å²) in [5, 5.41) is 4.21. The van der Waals surface area contributed by atoms with E-state index in [1.807, 2.05) is 0 Å². The van der Waals surface area contributed by atoms with Crippen molar-refractivity contribution in [2.24, 2.45) is 5.73 Å². The van der Waals surface area contributed by atoms with Crippen molar-refractivity contribution in [3.05, 3.63) is 11.7 Å². The highest BCUT2D eigenvalue weighted by Gasteiger charge is 2.40. The fourth-order valence-electron chi connectivity index (χ4n) is 3.73. The molecule has 0 saturated carbocycles. The summed E-state index contributed by atoms with van der Waals surface area (Å²) in [5.41, 5.74) is 6.11. The summed E-state index contributed by atoms with van der Waals surface area (Å²) >= 11 is 0. The summed E-state index contributed by atoms with van der Waals surface area (Å²) in [6.07, 6.45) is 8.14. The highest BCUT2D eigenvalue weighted by molar-refractivity contribution is 5.06. The van der Waals surface area contributed by atoms with Gasteiger partial charge in [0.2, 0.25) is 5.89 Å². The monoisotopic (exact) mass is 278 g/mol. The van der Waals surface area contributed by atoms with Crippen molar-refractivity contribution >= 4 is 0 Å². The van der Waals surface area contributed by atoms with Crippen LogP contribution in [0.5, 0.6) is 0 Å². The van der Waals surface area contributed by atoms with Gasteiger partial charge < -0.3 is 15.2 Å². The highest BCUT2D eigenvalue weighted by Crippen LogP contribution is 2.41. The van der Waals surface area contributed by atoms with E-state index in [9.17, 15) is 0 Å². The standard InChI is InChI=1S/C15H26N4O/c1-3-4-5-13(16)15-17-14(18-20-15)10-8-11-6-7-12(9-10)19(11)2/h10-13H,3-9,16H2,1-2H3/t10?,11?,12?,13-/m0/s1. The molecule has 20 heavy (non-hydrogen) atoms. The molecular weight excluding hydrogens is 252 g/mol. The molecule has 2 bridgehead atoms. The van der Waals surface area contributed by atoms with Crippen LogP contribution in [0, 0.1) is 0 Å². The molecule has 3 rings (SSSR count). The average molecular weight is 278 g/mol. The Morgan fingerprint density at radius 2 is 2.05 bits per heavy atom. The van der Waals surface area contributed by atoms with Gasteiger partial charge in [0.1, 0.15) is 0 Å². The Hall–Kier alpha value is -0.940. The third-order valence-electron chi connectivity index (χ3n) is 5.11. The Bertz CT molecular complexity index is 433. The van der Waals surface area contributed by atoms with E-state index in [1.54, 1.807) is 0 Å². The van der Waals surface area contributed by atoms with E-state index in [0.29, 0.717) is 23.9 Å². The van der Waals surface area contributed by atoms with Gasteiger partial charge in [-0.2, -0.15) is 4.98 Å². The van der Waals surface area contributed by atoms with Crippen molar-refractivity contribution in [1.29, 1.82) is 0 Å². The number of nitrogens with two attached hydrogens (primary N) is 1. The second kappa shape index (κ2) is 5.82. The molecular formula is C15H26N4O. The van der Waals surface area contributed by atoms with Crippen molar-refractivity contribution in [2.45, 2.75) is 75.9 Å².